The van der Waals surface area contributed by atoms with Crippen LogP contribution in [0.3, 0.4) is 0 Å². The number of hydrogen-bond donors (Lipinski definition) is 3. The van der Waals surface area contributed by atoms with Crippen molar-refractivity contribution in [2.45, 2.75) is 51.5 Å². The van der Waals surface area contributed by atoms with E-state index in [-0.39, 0.29) is 37.5 Å². The first-order valence-corrected chi connectivity index (χ1v) is 7.56. The molecular formula is C14H25N3O4. The number of likely N-dealkylation sites (N-methyl/N-ethyl adjacent to an activating group) is 1. The largest absolute Gasteiger partial charge is 0.481 e. The zero-order valence-electron chi connectivity index (χ0n) is 12.6. The molecule has 0 atom stereocenters. The van der Waals surface area contributed by atoms with Gasteiger partial charge in [0.15, 0.2) is 0 Å². The number of hydrogen-bond acceptors (Lipinski definition) is 3. The molecule has 3 amide bonds. The quantitative estimate of drug-likeness (QED) is 0.651. The summed E-state index contributed by atoms with van der Waals surface area (Å²) in [6, 6.07) is -0.132. The lowest BCUT2D eigenvalue weighted by Crippen LogP contribution is -2.47. The van der Waals surface area contributed by atoms with Crippen LogP contribution in [0.1, 0.15) is 45.4 Å². The summed E-state index contributed by atoms with van der Waals surface area (Å²) in [7, 11) is 0. The first-order valence-electron chi connectivity index (χ1n) is 7.56. The first-order chi connectivity index (χ1) is 10.0. The number of amides is 3. The highest BCUT2D eigenvalue weighted by atomic mass is 16.4. The van der Waals surface area contributed by atoms with Crippen molar-refractivity contribution in [2.75, 3.05) is 19.6 Å². The van der Waals surface area contributed by atoms with Gasteiger partial charge in [0.2, 0.25) is 5.91 Å². The second-order valence-corrected chi connectivity index (χ2v) is 5.28. The van der Waals surface area contributed by atoms with Gasteiger partial charge in [-0.15, -0.1) is 0 Å². The average Bonchev–Trinajstić information content (AvgIpc) is 2.46. The summed E-state index contributed by atoms with van der Waals surface area (Å²) in [5.74, 6) is -1.21. The highest BCUT2D eigenvalue weighted by Crippen LogP contribution is 2.17. The number of nitrogens with zero attached hydrogens (tertiary/aromatic N) is 1. The number of carboxylic acids is 1. The first kappa shape index (κ1) is 17.3. The average molecular weight is 299 g/mol. The molecule has 1 aliphatic carbocycles. The Bertz CT molecular complexity index is 367. The standard InChI is InChI=1S/C14H25N3O4/c1-2-17(9-8-13(19)20)12(18)10-15-14(21)16-11-6-4-3-5-7-11/h11H,2-10H2,1H3,(H,19,20)(H2,15,16,21). The van der Waals surface area contributed by atoms with Crippen molar-refractivity contribution in [3.8, 4) is 0 Å². The van der Waals surface area contributed by atoms with Gasteiger partial charge in [-0.3, -0.25) is 9.59 Å². The zero-order chi connectivity index (χ0) is 15.7. The maximum atomic E-state index is 11.9. The van der Waals surface area contributed by atoms with Gasteiger partial charge in [-0.1, -0.05) is 19.3 Å². The van der Waals surface area contributed by atoms with Crippen LogP contribution in [0.15, 0.2) is 0 Å². The van der Waals surface area contributed by atoms with E-state index in [0.29, 0.717) is 6.54 Å². The number of nitrogens with one attached hydrogen (secondary N) is 2. The van der Waals surface area contributed by atoms with E-state index in [9.17, 15) is 14.4 Å². The van der Waals surface area contributed by atoms with Crippen LogP contribution in [-0.4, -0.2) is 53.6 Å². The fourth-order valence-electron chi connectivity index (χ4n) is 2.44. The van der Waals surface area contributed by atoms with E-state index >= 15 is 0 Å². The molecule has 0 aliphatic heterocycles. The van der Waals surface area contributed by atoms with Crippen molar-refractivity contribution in [1.82, 2.24) is 15.5 Å². The van der Waals surface area contributed by atoms with Crippen LogP contribution in [0.2, 0.25) is 0 Å². The Labute approximate surface area is 125 Å². The highest BCUT2D eigenvalue weighted by molar-refractivity contribution is 5.84. The Morgan fingerprint density at radius 1 is 1.19 bits per heavy atom. The number of carbonyl (C=O) groups excluding carboxylic acids is 2. The lowest BCUT2D eigenvalue weighted by molar-refractivity contribution is -0.138. The van der Waals surface area contributed by atoms with Gasteiger partial charge in [0.1, 0.15) is 0 Å². The highest BCUT2D eigenvalue weighted by Gasteiger charge is 2.17. The zero-order valence-corrected chi connectivity index (χ0v) is 12.6. The monoisotopic (exact) mass is 299 g/mol. The summed E-state index contributed by atoms with van der Waals surface area (Å²) in [6.45, 7) is 2.27. The SMILES string of the molecule is CCN(CCC(=O)O)C(=O)CNC(=O)NC1CCCCC1. The summed E-state index contributed by atoms with van der Waals surface area (Å²) >= 11 is 0. The summed E-state index contributed by atoms with van der Waals surface area (Å²) in [5.41, 5.74) is 0. The molecule has 0 unspecified atom stereocenters. The van der Waals surface area contributed by atoms with Crippen LogP contribution in [0.25, 0.3) is 0 Å². The van der Waals surface area contributed by atoms with Crippen molar-refractivity contribution in [1.29, 1.82) is 0 Å². The van der Waals surface area contributed by atoms with Crippen LogP contribution >= 0.6 is 0 Å². The number of aliphatic carboxylic acids is 1. The number of urea groups is 1. The lowest BCUT2D eigenvalue weighted by Gasteiger charge is -2.24. The van der Waals surface area contributed by atoms with Crippen molar-refractivity contribution in [3.63, 3.8) is 0 Å². The smallest absolute Gasteiger partial charge is 0.315 e. The third-order valence-electron chi connectivity index (χ3n) is 3.67. The molecule has 0 aromatic heterocycles. The van der Waals surface area contributed by atoms with E-state index in [0.717, 1.165) is 25.7 Å². The molecule has 0 heterocycles. The van der Waals surface area contributed by atoms with Crippen molar-refractivity contribution in [2.24, 2.45) is 0 Å². The maximum absolute atomic E-state index is 11.9. The van der Waals surface area contributed by atoms with Gasteiger partial charge in [0.05, 0.1) is 13.0 Å². The Kier molecular flexibility index (Phi) is 7.56. The summed E-state index contributed by atoms with van der Waals surface area (Å²) < 4.78 is 0. The molecule has 7 heteroatoms. The molecule has 0 radical (unpaired) electrons. The third-order valence-corrected chi connectivity index (χ3v) is 3.67. The van der Waals surface area contributed by atoms with Crippen LogP contribution in [0.4, 0.5) is 4.79 Å². The van der Waals surface area contributed by atoms with E-state index in [1.807, 2.05) is 0 Å². The second-order valence-electron chi connectivity index (χ2n) is 5.28. The molecule has 1 aliphatic rings. The summed E-state index contributed by atoms with van der Waals surface area (Å²) in [5, 5.41) is 14.0. The molecule has 0 saturated heterocycles. The van der Waals surface area contributed by atoms with Crippen LogP contribution in [-0.2, 0) is 9.59 Å². The van der Waals surface area contributed by atoms with Crippen molar-refractivity contribution >= 4 is 17.9 Å². The van der Waals surface area contributed by atoms with Gasteiger partial charge in [-0.2, -0.15) is 0 Å². The number of carboxylic acid groups (broad SMARTS) is 1. The van der Waals surface area contributed by atoms with Gasteiger partial charge < -0.3 is 20.6 Å². The number of rotatable bonds is 7. The molecule has 0 spiro atoms. The van der Waals surface area contributed by atoms with Crippen molar-refractivity contribution in [3.05, 3.63) is 0 Å². The van der Waals surface area contributed by atoms with E-state index in [1.54, 1.807) is 6.92 Å². The van der Waals surface area contributed by atoms with E-state index in [4.69, 9.17) is 5.11 Å². The van der Waals surface area contributed by atoms with Crippen molar-refractivity contribution < 1.29 is 19.5 Å². The normalized spacial score (nSPS) is 15.3. The van der Waals surface area contributed by atoms with E-state index in [2.05, 4.69) is 10.6 Å². The number of carbonyl (C=O) groups is 3. The van der Waals surface area contributed by atoms with E-state index < -0.39 is 5.97 Å². The molecule has 1 saturated carbocycles. The minimum absolute atomic E-state index is 0.0894. The minimum atomic E-state index is -0.941. The molecule has 0 bridgehead atoms. The van der Waals surface area contributed by atoms with Crippen LogP contribution < -0.4 is 10.6 Å². The molecule has 0 aromatic carbocycles. The predicted molar refractivity (Wildman–Crippen MR) is 77.9 cm³/mol. The molecule has 21 heavy (non-hydrogen) atoms. The second kappa shape index (κ2) is 9.20. The van der Waals surface area contributed by atoms with Crippen LogP contribution in [0, 0.1) is 0 Å². The molecule has 3 N–H and O–H groups in total. The minimum Gasteiger partial charge on any atom is -0.481 e. The van der Waals surface area contributed by atoms with Crippen LogP contribution in [0.5, 0.6) is 0 Å². The molecular weight excluding hydrogens is 274 g/mol. The Hall–Kier alpha value is -1.79. The molecule has 120 valence electrons. The summed E-state index contributed by atoms with van der Waals surface area (Å²) in [4.78, 5) is 35.5. The lowest BCUT2D eigenvalue weighted by atomic mass is 9.96. The molecule has 1 rings (SSSR count). The Morgan fingerprint density at radius 3 is 2.43 bits per heavy atom. The predicted octanol–water partition coefficient (Wildman–Crippen LogP) is 0.941. The Morgan fingerprint density at radius 2 is 1.86 bits per heavy atom. The fraction of sp³-hybridized carbons (Fsp3) is 0.786. The maximum Gasteiger partial charge on any atom is 0.315 e. The molecule has 0 aromatic rings. The van der Waals surface area contributed by atoms with Gasteiger partial charge in [-0.05, 0) is 19.8 Å². The van der Waals surface area contributed by atoms with E-state index in [1.165, 1.54) is 11.3 Å². The van der Waals surface area contributed by atoms with Gasteiger partial charge in [0.25, 0.3) is 0 Å². The summed E-state index contributed by atoms with van der Waals surface area (Å²) in [6.07, 6.45) is 5.36. The topological polar surface area (TPSA) is 98.7 Å². The van der Waals surface area contributed by atoms with Gasteiger partial charge >= 0.3 is 12.0 Å². The third kappa shape index (κ3) is 6.97. The molecule has 7 nitrogen and oxygen atoms in total. The fourth-order valence-corrected chi connectivity index (χ4v) is 2.44. The van der Waals surface area contributed by atoms with Gasteiger partial charge in [0, 0.05) is 19.1 Å². The van der Waals surface area contributed by atoms with Gasteiger partial charge in [-0.25, -0.2) is 4.79 Å². The Balaban J connectivity index is 2.26. The molecule has 1 fully saturated rings.